The standard InChI is InChI=1S/C10H7N2O2/c13-9(10-11-6-7-14-10)12-8-4-2-1-3-5-8/h1-4,6-7H,(H,12,13). The Kier molecular flexibility index (Phi) is 2.27. The topological polar surface area (TPSA) is 55.1 Å². The van der Waals surface area contributed by atoms with Crippen LogP contribution in [0.3, 0.4) is 0 Å². The van der Waals surface area contributed by atoms with Crippen LogP contribution >= 0.6 is 0 Å². The molecular formula is C10H7N2O2. The third kappa shape index (κ3) is 1.80. The predicted octanol–water partition coefficient (Wildman–Crippen LogP) is 1.73. The Morgan fingerprint density at radius 1 is 1.50 bits per heavy atom. The number of nitrogens with zero attached hydrogens (tertiary/aromatic N) is 1. The van der Waals surface area contributed by atoms with Gasteiger partial charge in [0.05, 0.1) is 6.20 Å². The number of rotatable bonds is 2. The third-order valence-electron chi connectivity index (χ3n) is 1.58. The molecule has 1 heterocycles. The summed E-state index contributed by atoms with van der Waals surface area (Å²) in [5, 5.41) is 2.59. The van der Waals surface area contributed by atoms with Crippen LogP contribution in [0, 0.1) is 6.07 Å². The number of hydrogen-bond donors (Lipinski definition) is 1. The lowest BCUT2D eigenvalue weighted by molar-refractivity contribution is 0.0990. The largest absolute Gasteiger partial charge is 0.441 e. The summed E-state index contributed by atoms with van der Waals surface area (Å²) in [4.78, 5) is 15.1. The fourth-order valence-electron chi connectivity index (χ4n) is 0.982. The fourth-order valence-corrected chi connectivity index (χ4v) is 0.982. The van der Waals surface area contributed by atoms with Gasteiger partial charge in [0.25, 0.3) is 5.89 Å². The monoisotopic (exact) mass is 187 g/mol. The first-order valence-corrected chi connectivity index (χ1v) is 4.04. The molecule has 0 aliphatic rings. The van der Waals surface area contributed by atoms with Crippen LogP contribution < -0.4 is 5.32 Å². The highest BCUT2D eigenvalue weighted by Crippen LogP contribution is 2.06. The first kappa shape index (κ1) is 8.50. The number of carbonyl (C=O) groups is 1. The normalized spacial score (nSPS) is 9.71. The molecular weight excluding hydrogens is 180 g/mol. The van der Waals surface area contributed by atoms with Gasteiger partial charge in [-0.3, -0.25) is 4.79 Å². The maximum Gasteiger partial charge on any atom is 0.311 e. The van der Waals surface area contributed by atoms with Crippen molar-refractivity contribution in [3.8, 4) is 0 Å². The zero-order valence-corrected chi connectivity index (χ0v) is 7.23. The van der Waals surface area contributed by atoms with Crippen molar-refractivity contribution in [2.24, 2.45) is 0 Å². The van der Waals surface area contributed by atoms with Crippen molar-refractivity contribution in [2.45, 2.75) is 0 Å². The number of nitrogens with one attached hydrogen (secondary N) is 1. The van der Waals surface area contributed by atoms with Gasteiger partial charge in [0.1, 0.15) is 6.26 Å². The summed E-state index contributed by atoms with van der Waals surface area (Å²) in [6, 6.07) is 9.94. The number of benzene rings is 1. The van der Waals surface area contributed by atoms with Crippen LogP contribution in [0.4, 0.5) is 5.69 Å². The predicted molar refractivity (Wildman–Crippen MR) is 49.7 cm³/mol. The minimum absolute atomic E-state index is 0.0438. The van der Waals surface area contributed by atoms with E-state index in [1.165, 1.54) is 12.5 Å². The van der Waals surface area contributed by atoms with Crippen molar-refractivity contribution in [1.29, 1.82) is 0 Å². The summed E-state index contributed by atoms with van der Waals surface area (Å²) in [6.07, 6.45) is 2.77. The van der Waals surface area contributed by atoms with E-state index in [2.05, 4.69) is 16.4 Å². The van der Waals surface area contributed by atoms with Crippen LogP contribution in [-0.2, 0) is 0 Å². The van der Waals surface area contributed by atoms with E-state index in [9.17, 15) is 4.79 Å². The highest BCUT2D eigenvalue weighted by atomic mass is 16.3. The zero-order valence-electron chi connectivity index (χ0n) is 7.23. The molecule has 0 saturated heterocycles. The highest BCUT2D eigenvalue weighted by molar-refractivity contribution is 6.00. The number of anilines is 1. The van der Waals surface area contributed by atoms with E-state index in [1.807, 2.05) is 12.1 Å². The van der Waals surface area contributed by atoms with Crippen molar-refractivity contribution in [1.82, 2.24) is 4.98 Å². The Hall–Kier alpha value is -2.10. The van der Waals surface area contributed by atoms with Crippen LogP contribution in [0.25, 0.3) is 0 Å². The summed E-state index contributed by atoms with van der Waals surface area (Å²) in [6.45, 7) is 0. The molecule has 0 aliphatic carbocycles. The van der Waals surface area contributed by atoms with Gasteiger partial charge in [-0.15, -0.1) is 0 Å². The molecule has 0 fully saturated rings. The van der Waals surface area contributed by atoms with E-state index in [1.54, 1.807) is 12.1 Å². The van der Waals surface area contributed by atoms with Crippen LogP contribution in [0.2, 0.25) is 0 Å². The molecule has 0 spiro atoms. The van der Waals surface area contributed by atoms with E-state index in [0.717, 1.165) is 0 Å². The summed E-state index contributed by atoms with van der Waals surface area (Å²) >= 11 is 0. The van der Waals surface area contributed by atoms with Crippen molar-refractivity contribution in [2.75, 3.05) is 5.32 Å². The molecule has 0 saturated carbocycles. The molecule has 1 N–H and O–H groups in total. The number of hydrogen-bond acceptors (Lipinski definition) is 3. The molecule has 1 amide bonds. The van der Waals surface area contributed by atoms with Gasteiger partial charge in [-0.1, -0.05) is 18.2 Å². The lowest BCUT2D eigenvalue weighted by atomic mass is 10.3. The highest BCUT2D eigenvalue weighted by Gasteiger charge is 2.09. The molecule has 69 valence electrons. The van der Waals surface area contributed by atoms with Gasteiger partial charge in [0.15, 0.2) is 0 Å². The molecule has 4 nitrogen and oxygen atoms in total. The van der Waals surface area contributed by atoms with Gasteiger partial charge in [-0.2, -0.15) is 0 Å². The Bertz CT molecular complexity index is 409. The molecule has 1 aromatic carbocycles. The Balaban J connectivity index is 2.10. The molecule has 1 radical (unpaired) electrons. The Morgan fingerprint density at radius 3 is 3.07 bits per heavy atom. The zero-order chi connectivity index (χ0) is 9.80. The number of para-hydroxylation sites is 1. The number of oxazole rings is 1. The second-order valence-corrected chi connectivity index (χ2v) is 2.57. The summed E-state index contributed by atoms with van der Waals surface area (Å²) in [5.41, 5.74) is 0.593. The van der Waals surface area contributed by atoms with Gasteiger partial charge >= 0.3 is 5.91 Å². The Labute approximate surface area is 80.6 Å². The van der Waals surface area contributed by atoms with E-state index in [4.69, 9.17) is 4.42 Å². The number of aromatic nitrogens is 1. The van der Waals surface area contributed by atoms with Crippen molar-refractivity contribution >= 4 is 11.6 Å². The van der Waals surface area contributed by atoms with Gasteiger partial charge in [0, 0.05) is 11.8 Å². The summed E-state index contributed by atoms with van der Waals surface area (Å²) in [7, 11) is 0. The van der Waals surface area contributed by atoms with Gasteiger partial charge in [-0.25, -0.2) is 4.98 Å². The number of carbonyl (C=O) groups excluding carboxylic acids is 1. The van der Waals surface area contributed by atoms with Gasteiger partial charge in [-0.05, 0) is 6.07 Å². The van der Waals surface area contributed by atoms with Crippen molar-refractivity contribution in [3.63, 3.8) is 0 Å². The van der Waals surface area contributed by atoms with E-state index < -0.39 is 0 Å². The summed E-state index contributed by atoms with van der Waals surface area (Å²) in [5.74, 6) is -0.334. The minimum Gasteiger partial charge on any atom is -0.441 e. The maximum atomic E-state index is 11.4. The minimum atomic E-state index is -0.377. The molecule has 2 aromatic rings. The average Bonchev–Trinajstić information content (AvgIpc) is 2.72. The molecule has 0 unspecified atom stereocenters. The fraction of sp³-hybridized carbons (Fsp3) is 0. The second kappa shape index (κ2) is 3.74. The molecule has 0 atom stereocenters. The first-order valence-electron chi connectivity index (χ1n) is 4.04. The van der Waals surface area contributed by atoms with Crippen LogP contribution in [-0.4, -0.2) is 10.9 Å². The smallest absolute Gasteiger partial charge is 0.311 e. The summed E-state index contributed by atoms with van der Waals surface area (Å²) < 4.78 is 4.83. The maximum absolute atomic E-state index is 11.4. The third-order valence-corrected chi connectivity index (χ3v) is 1.58. The van der Waals surface area contributed by atoms with Crippen LogP contribution in [0.5, 0.6) is 0 Å². The van der Waals surface area contributed by atoms with Gasteiger partial charge < -0.3 is 9.73 Å². The van der Waals surface area contributed by atoms with Crippen LogP contribution in [0.15, 0.2) is 41.1 Å². The molecule has 0 aliphatic heterocycles. The molecule has 14 heavy (non-hydrogen) atoms. The van der Waals surface area contributed by atoms with Crippen LogP contribution in [0.1, 0.15) is 10.7 Å². The van der Waals surface area contributed by atoms with E-state index in [-0.39, 0.29) is 11.8 Å². The van der Waals surface area contributed by atoms with Crippen molar-refractivity contribution in [3.05, 3.63) is 48.7 Å². The lowest BCUT2D eigenvalue weighted by Crippen LogP contribution is -2.11. The molecule has 0 bridgehead atoms. The molecule has 2 rings (SSSR count). The molecule has 4 heteroatoms. The SMILES string of the molecule is O=C(Nc1[c]cccc1)c1ncco1. The van der Waals surface area contributed by atoms with Crippen molar-refractivity contribution < 1.29 is 9.21 Å². The lowest BCUT2D eigenvalue weighted by Gasteiger charge is -1.99. The molecule has 1 aromatic heterocycles. The van der Waals surface area contributed by atoms with E-state index >= 15 is 0 Å². The number of amides is 1. The van der Waals surface area contributed by atoms with Gasteiger partial charge in [0.2, 0.25) is 0 Å². The first-order chi connectivity index (χ1) is 6.86. The Morgan fingerprint density at radius 2 is 2.43 bits per heavy atom. The quantitative estimate of drug-likeness (QED) is 0.778. The van der Waals surface area contributed by atoms with E-state index in [0.29, 0.717) is 5.69 Å². The second-order valence-electron chi connectivity index (χ2n) is 2.57. The average molecular weight is 187 g/mol.